The second kappa shape index (κ2) is 14.9. The number of benzene rings is 5. The van der Waals surface area contributed by atoms with Gasteiger partial charge in [0.25, 0.3) is 0 Å². The lowest BCUT2D eigenvalue weighted by Crippen LogP contribution is -2.58. The van der Waals surface area contributed by atoms with Crippen LogP contribution in [0, 0.1) is 0 Å². The maximum absolute atomic E-state index is 14.6. The van der Waals surface area contributed by atoms with E-state index in [1.807, 2.05) is 60.7 Å². The normalized spacial score (nSPS) is 19.8. The molecule has 314 valence electrons. The molecule has 1 saturated heterocycles. The van der Waals surface area contributed by atoms with Crippen molar-refractivity contribution in [2.75, 3.05) is 6.54 Å². The molecule has 5 aromatic rings. The summed E-state index contributed by atoms with van der Waals surface area (Å²) in [5.41, 5.74) is -10.2. The van der Waals surface area contributed by atoms with Crippen molar-refractivity contribution in [2.45, 2.75) is 87.4 Å². The average Bonchev–Trinajstić information content (AvgIpc) is 3.65. The van der Waals surface area contributed by atoms with Crippen LogP contribution in [0.1, 0.15) is 69.7 Å². The zero-order valence-corrected chi connectivity index (χ0v) is 32.7. The van der Waals surface area contributed by atoms with E-state index in [1.54, 1.807) is 11.0 Å². The molecule has 1 fully saturated rings. The number of halogens is 12. The van der Waals surface area contributed by atoms with Crippen LogP contribution < -0.4 is 4.74 Å². The lowest BCUT2D eigenvalue weighted by atomic mass is 9.76. The van der Waals surface area contributed by atoms with E-state index in [0.29, 0.717) is 35.4 Å². The van der Waals surface area contributed by atoms with Gasteiger partial charge in [-0.25, -0.2) is 0 Å². The Morgan fingerprint density at radius 3 is 1.56 bits per heavy atom. The van der Waals surface area contributed by atoms with Gasteiger partial charge in [-0.05, 0) is 91.0 Å². The number of hydrogen-bond acceptors (Lipinski definition) is 3. The first kappa shape index (κ1) is 42.6. The maximum Gasteiger partial charge on any atom is 0.416 e. The Balaban J connectivity index is 1.54. The Hall–Kier alpha value is -4.54. The Labute approximate surface area is 332 Å². The zero-order chi connectivity index (χ0) is 42.9. The minimum Gasteiger partial charge on any atom is -0.474 e. The number of likely N-dealkylation sites (tertiary alicyclic amines) is 1. The third kappa shape index (κ3) is 8.45. The molecule has 3 atom stereocenters. The van der Waals surface area contributed by atoms with Gasteiger partial charge in [0, 0.05) is 35.9 Å². The number of rotatable bonds is 7. The summed E-state index contributed by atoms with van der Waals surface area (Å²) < 4.78 is 189. The number of ether oxygens (including phenoxy) is 1. The molecule has 3 nitrogen and oxygen atoms in total. The lowest BCUT2D eigenvalue weighted by Gasteiger charge is -2.50. The molecule has 0 amide bonds. The predicted octanol–water partition coefficient (Wildman–Crippen LogP) is 13.4. The molecule has 0 aliphatic carbocycles. The van der Waals surface area contributed by atoms with E-state index in [4.69, 9.17) is 9.16 Å². The molecule has 0 N–H and O–H groups in total. The van der Waals surface area contributed by atoms with Crippen LogP contribution in [0.2, 0.25) is 19.6 Å². The fraction of sp³-hybridized carbons (Fsp3) is 0.349. The van der Waals surface area contributed by atoms with Crippen LogP contribution in [0.4, 0.5) is 52.7 Å². The second-order valence-electron chi connectivity index (χ2n) is 15.9. The summed E-state index contributed by atoms with van der Waals surface area (Å²) in [5, 5.41) is 1.48. The Bertz CT molecular complexity index is 2190. The van der Waals surface area contributed by atoms with E-state index in [9.17, 15) is 52.7 Å². The highest BCUT2D eigenvalue weighted by Crippen LogP contribution is 2.53. The molecule has 0 aromatic heterocycles. The third-order valence-corrected chi connectivity index (χ3v) is 11.7. The Morgan fingerprint density at radius 1 is 0.593 bits per heavy atom. The number of nitrogens with zero attached hydrogens (tertiary/aromatic N) is 1. The summed E-state index contributed by atoms with van der Waals surface area (Å²) in [5.74, 6) is 0.0475. The highest BCUT2D eigenvalue weighted by Gasteiger charge is 2.55. The summed E-state index contributed by atoms with van der Waals surface area (Å²) >= 11 is 0. The summed E-state index contributed by atoms with van der Waals surface area (Å²) in [6.07, 6.45) is -22.5. The van der Waals surface area contributed by atoms with E-state index in [0.717, 1.165) is 16.5 Å². The van der Waals surface area contributed by atoms with Gasteiger partial charge in [-0.1, -0.05) is 66.7 Å². The minimum absolute atomic E-state index is 0.0595. The van der Waals surface area contributed by atoms with Crippen molar-refractivity contribution in [1.82, 2.24) is 4.90 Å². The van der Waals surface area contributed by atoms with Crippen LogP contribution >= 0.6 is 0 Å². The molecular weight excluding hydrogens is 819 g/mol. The van der Waals surface area contributed by atoms with Gasteiger partial charge in [0.15, 0.2) is 14.5 Å². The van der Waals surface area contributed by atoms with Gasteiger partial charge in [0.1, 0.15) is 11.4 Å². The molecular formula is C43H37F12NO2Si. The van der Waals surface area contributed by atoms with Gasteiger partial charge >= 0.3 is 24.7 Å². The van der Waals surface area contributed by atoms with E-state index in [2.05, 4.69) is 0 Å². The first-order valence-corrected chi connectivity index (χ1v) is 22.1. The van der Waals surface area contributed by atoms with Crippen LogP contribution in [0.25, 0.3) is 10.8 Å². The zero-order valence-electron chi connectivity index (χ0n) is 31.7. The smallest absolute Gasteiger partial charge is 0.416 e. The maximum atomic E-state index is 14.6. The molecule has 5 aromatic carbocycles. The minimum atomic E-state index is -5.42. The van der Waals surface area contributed by atoms with Crippen molar-refractivity contribution in [3.8, 4) is 5.75 Å². The predicted molar refractivity (Wildman–Crippen MR) is 199 cm³/mol. The molecule has 0 saturated carbocycles. The Kier molecular flexibility index (Phi) is 10.7. The van der Waals surface area contributed by atoms with Gasteiger partial charge in [-0.15, -0.1) is 0 Å². The molecule has 0 radical (unpaired) electrons. The number of alkyl halides is 12. The topological polar surface area (TPSA) is 21.7 Å². The van der Waals surface area contributed by atoms with Crippen LogP contribution in [0.15, 0.2) is 103 Å². The van der Waals surface area contributed by atoms with E-state index < -0.39 is 84.3 Å². The van der Waals surface area contributed by atoms with Gasteiger partial charge in [0.2, 0.25) is 0 Å². The van der Waals surface area contributed by atoms with Crippen molar-refractivity contribution >= 4 is 19.1 Å². The van der Waals surface area contributed by atoms with E-state index in [1.165, 1.54) is 19.6 Å². The van der Waals surface area contributed by atoms with Crippen LogP contribution in [0.3, 0.4) is 0 Å². The molecule has 7 rings (SSSR count). The first-order valence-electron chi connectivity index (χ1n) is 18.7. The molecule has 0 spiro atoms. The molecule has 2 heterocycles. The standard InChI is InChI=1S/C43H37F12NO2Si/c1-59(2,3)58-39(27-18-29(40(44,45)46)22-30(19-27)41(47,48)49,28-20-31(42(50,51)52)23-32(21-28)43(53,54)55)36-14-9-17-56(36)37-24-35(25-10-5-4-6-11-25)34-16-15-26-12-7-8-13-33(26)38(34)57-37/h4-8,10-13,15-16,18-23,35-37H,9,14,17,24H2,1-3H3/t35?,36-,37?/m0/s1. The highest BCUT2D eigenvalue weighted by atomic mass is 28.4. The van der Waals surface area contributed by atoms with Gasteiger partial charge in [-0.3, -0.25) is 4.90 Å². The molecule has 2 aliphatic rings. The average molecular weight is 856 g/mol. The van der Waals surface area contributed by atoms with E-state index in [-0.39, 0.29) is 43.9 Å². The Morgan fingerprint density at radius 2 is 1.07 bits per heavy atom. The third-order valence-electron chi connectivity index (χ3n) is 10.8. The van der Waals surface area contributed by atoms with Gasteiger partial charge < -0.3 is 9.16 Å². The fourth-order valence-electron chi connectivity index (χ4n) is 8.51. The fourth-order valence-corrected chi connectivity index (χ4v) is 9.85. The second-order valence-corrected chi connectivity index (χ2v) is 20.3. The molecule has 2 unspecified atom stereocenters. The largest absolute Gasteiger partial charge is 0.474 e. The quantitative estimate of drug-likeness (QED) is 0.120. The van der Waals surface area contributed by atoms with Gasteiger partial charge in [0.05, 0.1) is 22.3 Å². The van der Waals surface area contributed by atoms with Crippen molar-refractivity contribution < 1.29 is 61.8 Å². The molecule has 16 heteroatoms. The summed E-state index contributed by atoms with van der Waals surface area (Å²) in [7, 11) is -3.41. The van der Waals surface area contributed by atoms with Crippen molar-refractivity contribution in [2.24, 2.45) is 0 Å². The SMILES string of the molecule is C[Si](C)(C)OC(c1cc(C(F)(F)F)cc(C(F)(F)F)c1)(c1cc(C(F)(F)F)cc(C(F)(F)F)c1)[C@@H]1CCCN1C1CC(c2ccccc2)c2ccc3ccccc3c2O1. The van der Waals surface area contributed by atoms with Crippen LogP contribution in [-0.2, 0) is 34.7 Å². The van der Waals surface area contributed by atoms with E-state index >= 15 is 0 Å². The summed E-state index contributed by atoms with van der Waals surface area (Å²) in [6.45, 7) is 4.57. The monoisotopic (exact) mass is 855 g/mol. The molecule has 0 bridgehead atoms. The van der Waals surface area contributed by atoms with Crippen LogP contribution in [-0.4, -0.2) is 32.0 Å². The van der Waals surface area contributed by atoms with Crippen molar-refractivity contribution in [1.29, 1.82) is 0 Å². The summed E-state index contributed by atoms with van der Waals surface area (Å²) in [4.78, 5) is 1.63. The summed E-state index contributed by atoms with van der Waals surface area (Å²) in [6, 6.07) is 20.0. The molecule has 59 heavy (non-hydrogen) atoms. The van der Waals surface area contributed by atoms with Gasteiger partial charge in [-0.2, -0.15) is 52.7 Å². The molecule has 2 aliphatic heterocycles. The van der Waals surface area contributed by atoms with Crippen LogP contribution in [0.5, 0.6) is 5.75 Å². The van der Waals surface area contributed by atoms with Crippen molar-refractivity contribution in [3.63, 3.8) is 0 Å². The lowest BCUT2D eigenvalue weighted by molar-refractivity contribution is -0.144. The van der Waals surface area contributed by atoms with Crippen molar-refractivity contribution in [3.05, 3.63) is 148 Å². The highest BCUT2D eigenvalue weighted by molar-refractivity contribution is 6.69. The number of hydrogen-bond donors (Lipinski definition) is 0. The first-order chi connectivity index (χ1) is 27.4. The number of fused-ring (bicyclic) bond motifs is 3.